The van der Waals surface area contributed by atoms with Crippen molar-refractivity contribution >= 4 is 5.97 Å². The number of benzene rings is 4. The summed E-state index contributed by atoms with van der Waals surface area (Å²) in [6, 6.07) is 24.8. The van der Waals surface area contributed by atoms with Crippen LogP contribution in [0.4, 0.5) is 0 Å². The van der Waals surface area contributed by atoms with Crippen LogP contribution >= 0.6 is 0 Å². The highest BCUT2D eigenvalue weighted by molar-refractivity contribution is 5.98. The summed E-state index contributed by atoms with van der Waals surface area (Å²) in [5, 5.41) is 20.5. The monoisotopic (exact) mass is 408 g/mol. The first-order chi connectivity index (χ1) is 15.1. The van der Waals surface area contributed by atoms with Crippen molar-refractivity contribution in [3.8, 4) is 34.1 Å². The van der Waals surface area contributed by atoms with Crippen LogP contribution in [0.3, 0.4) is 0 Å². The highest BCUT2D eigenvalue weighted by atomic mass is 16.6. The first kappa shape index (κ1) is 17.6. The zero-order valence-electron chi connectivity index (χ0n) is 16.2. The summed E-state index contributed by atoms with van der Waals surface area (Å²) >= 11 is 0. The van der Waals surface area contributed by atoms with E-state index < -0.39 is 11.6 Å². The Hall–Kier alpha value is -4.25. The zero-order chi connectivity index (χ0) is 21.2. The van der Waals surface area contributed by atoms with Crippen LogP contribution in [0.1, 0.15) is 27.0 Å². The molecule has 1 atom stereocenters. The fourth-order valence-electron chi connectivity index (χ4n) is 4.63. The van der Waals surface area contributed by atoms with Crippen molar-refractivity contribution in [3.05, 3.63) is 107 Å². The third-order valence-electron chi connectivity index (χ3n) is 5.86. The van der Waals surface area contributed by atoms with Crippen molar-refractivity contribution in [3.63, 3.8) is 0 Å². The molecule has 31 heavy (non-hydrogen) atoms. The molecule has 1 spiro atoms. The van der Waals surface area contributed by atoms with Gasteiger partial charge in [-0.1, -0.05) is 48.5 Å². The van der Waals surface area contributed by atoms with Crippen molar-refractivity contribution in [2.24, 2.45) is 0 Å². The van der Waals surface area contributed by atoms with Gasteiger partial charge >= 0.3 is 5.97 Å². The number of hydrogen-bond donors (Lipinski definition) is 2. The third kappa shape index (κ3) is 2.34. The number of carbonyl (C=O) groups excluding carboxylic acids is 1. The van der Waals surface area contributed by atoms with Crippen molar-refractivity contribution < 1.29 is 24.5 Å². The summed E-state index contributed by atoms with van der Waals surface area (Å²) in [7, 11) is 0. The smallest absolute Gasteiger partial charge is 0.340 e. The maximum absolute atomic E-state index is 13.0. The summed E-state index contributed by atoms with van der Waals surface area (Å²) in [4.78, 5) is 13.0. The Kier molecular flexibility index (Phi) is 3.48. The Morgan fingerprint density at radius 3 is 2.26 bits per heavy atom. The van der Waals surface area contributed by atoms with Crippen LogP contribution < -0.4 is 4.74 Å². The second-order valence-corrected chi connectivity index (χ2v) is 7.63. The molecular formula is C26H16O5. The van der Waals surface area contributed by atoms with E-state index in [-0.39, 0.29) is 11.5 Å². The molecule has 5 heteroatoms. The maximum atomic E-state index is 13.0. The number of rotatable bonds is 1. The number of aromatic hydroxyl groups is 2. The second kappa shape index (κ2) is 6.12. The maximum Gasteiger partial charge on any atom is 0.340 e. The Bertz CT molecular complexity index is 1380. The minimum atomic E-state index is -1.27. The lowest BCUT2D eigenvalue weighted by Gasteiger charge is -2.38. The molecule has 6 rings (SSSR count). The first-order valence-electron chi connectivity index (χ1n) is 9.85. The van der Waals surface area contributed by atoms with Crippen LogP contribution in [0, 0.1) is 0 Å². The van der Waals surface area contributed by atoms with Crippen LogP contribution in [0.15, 0.2) is 84.9 Å². The molecule has 150 valence electrons. The van der Waals surface area contributed by atoms with Crippen LogP contribution in [0.5, 0.6) is 23.0 Å². The SMILES string of the molecule is O=C1OC2(c3ccc(O)cc3Oc3cc(O)cc(-c4ccccc4)c32)c2ccccc21. The van der Waals surface area contributed by atoms with Crippen LogP contribution in [0.2, 0.25) is 0 Å². The average Bonchev–Trinajstić information content (AvgIpc) is 3.06. The molecule has 0 fully saturated rings. The van der Waals surface area contributed by atoms with Gasteiger partial charge in [-0.25, -0.2) is 4.79 Å². The second-order valence-electron chi connectivity index (χ2n) is 7.63. The molecule has 0 saturated carbocycles. The molecule has 0 aromatic heterocycles. The van der Waals surface area contributed by atoms with Gasteiger partial charge in [0.2, 0.25) is 0 Å². The lowest BCUT2D eigenvalue weighted by molar-refractivity contribution is 0.0226. The highest BCUT2D eigenvalue weighted by Gasteiger charge is 2.54. The summed E-state index contributed by atoms with van der Waals surface area (Å²) in [6.07, 6.45) is 0. The van der Waals surface area contributed by atoms with Gasteiger partial charge in [0.1, 0.15) is 23.0 Å². The quantitative estimate of drug-likeness (QED) is 0.416. The molecule has 0 aliphatic carbocycles. The van der Waals surface area contributed by atoms with E-state index >= 15 is 0 Å². The minimum Gasteiger partial charge on any atom is -0.508 e. The molecule has 0 saturated heterocycles. The lowest BCUT2D eigenvalue weighted by Crippen LogP contribution is -2.33. The number of ether oxygens (including phenoxy) is 2. The summed E-state index contributed by atoms with van der Waals surface area (Å²) < 4.78 is 12.3. The number of phenolic OH excluding ortho intramolecular Hbond substituents is 2. The number of phenols is 2. The molecule has 2 aliphatic rings. The largest absolute Gasteiger partial charge is 0.508 e. The summed E-state index contributed by atoms with van der Waals surface area (Å²) in [5.41, 5.74) is 2.68. The van der Waals surface area contributed by atoms with Crippen LogP contribution in [-0.4, -0.2) is 16.2 Å². The van der Waals surface area contributed by atoms with Gasteiger partial charge in [0.15, 0.2) is 5.60 Å². The van der Waals surface area contributed by atoms with Gasteiger partial charge in [-0.05, 0) is 35.4 Å². The Labute approximate surface area is 177 Å². The predicted octanol–water partition coefficient (Wildman–Crippen LogP) is 5.33. The first-order valence-corrected chi connectivity index (χ1v) is 9.85. The van der Waals surface area contributed by atoms with E-state index in [1.54, 1.807) is 30.3 Å². The lowest BCUT2D eigenvalue weighted by atomic mass is 9.75. The Morgan fingerprint density at radius 1 is 0.677 bits per heavy atom. The zero-order valence-corrected chi connectivity index (χ0v) is 16.2. The Morgan fingerprint density at radius 2 is 1.42 bits per heavy atom. The van der Waals surface area contributed by atoms with Gasteiger partial charge in [0, 0.05) is 23.3 Å². The van der Waals surface area contributed by atoms with E-state index in [0.29, 0.717) is 39.3 Å². The van der Waals surface area contributed by atoms with Crippen molar-refractivity contribution in [1.82, 2.24) is 0 Å². The molecule has 2 N–H and O–H groups in total. The molecule has 0 radical (unpaired) electrons. The molecule has 2 heterocycles. The highest BCUT2D eigenvalue weighted by Crippen LogP contribution is 2.59. The van der Waals surface area contributed by atoms with E-state index in [1.165, 1.54) is 12.1 Å². The van der Waals surface area contributed by atoms with Gasteiger partial charge < -0.3 is 19.7 Å². The standard InChI is InChI=1S/C26H16O5/c27-16-10-11-21-22(13-16)30-23-14-17(28)12-19(15-6-2-1-3-7-15)24(23)26(21)20-9-5-4-8-18(20)25(29)31-26/h1-14,27-28H. The van der Waals surface area contributed by atoms with Crippen molar-refractivity contribution in [2.45, 2.75) is 5.60 Å². The molecule has 0 bridgehead atoms. The summed E-state index contributed by atoms with van der Waals surface area (Å²) in [5.74, 6) is 0.338. The van der Waals surface area contributed by atoms with Gasteiger partial charge in [-0.15, -0.1) is 0 Å². The van der Waals surface area contributed by atoms with Gasteiger partial charge in [0.25, 0.3) is 0 Å². The average molecular weight is 408 g/mol. The number of fused-ring (bicyclic) bond motifs is 6. The number of esters is 1. The van der Waals surface area contributed by atoms with E-state index in [1.807, 2.05) is 42.5 Å². The van der Waals surface area contributed by atoms with Gasteiger partial charge in [-0.2, -0.15) is 0 Å². The number of hydrogen-bond acceptors (Lipinski definition) is 5. The minimum absolute atomic E-state index is 0.0222. The Balaban J connectivity index is 1.78. The van der Waals surface area contributed by atoms with Gasteiger partial charge in [0.05, 0.1) is 11.1 Å². The molecule has 4 aromatic carbocycles. The van der Waals surface area contributed by atoms with E-state index in [4.69, 9.17) is 9.47 Å². The van der Waals surface area contributed by atoms with Gasteiger partial charge in [-0.3, -0.25) is 0 Å². The van der Waals surface area contributed by atoms with E-state index in [2.05, 4.69) is 0 Å². The normalized spacial score (nSPS) is 18.0. The van der Waals surface area contributed by atoms with Crippen LogP contribution in [-0.2, 0) is 10.3 Å². The van der Waals surface area contributed by atoms with Crippen molar-refractivity contribution in [1.29, 1.82) is 0 Å². The molecule has 4 aromatic rings. The topological polar surface area (TPSA) is 76.0 Å². The van der Waals surface area contributed by atoms with Crippen molar-refractivity contribution in [2.75, 3.05) is 0 Å². The fourth-order valence-corrected chi connectivity index (χ4v) is 4.63. The van der Waals surface area contributed by atoms with E-state index in [9.17, 15) is 15.0 Å². The summed E-state index contributed by atoms with van der Waals surface area (Å²) in [6.45, 7) is 0. The third-order valence-corrected chi connectivity index (χ3v) is 5.86. The molecule has 0 amide bonds. The van der Waals surface area contributed by atoms with E-state index in [0.717, 1.165) is 5.56 Å². The molecular weight excluding hydrogens is 392 g/mol. The predicted molar refractivity (Wildman–Crippen MR) is 113 cm³/mol. The van der Waals surface area contributed by atoms with Crippen LogP contribution in [0.25, 0.3) is 11.1 Å². The molecule has 1 unspecified atom stereocenters. The number of carbonyl (C=O) groups is 1. The fraction of sp³-hybridized carbons (Fsp3) is 0.0385. The molecule has 2 aliphatic heterocycles. The molecule has 5 nitrogen and oxygen atoms in total.